The lowest BCUT2D eigenvalue weighted by Crippen LogP contribution is -2.31. The van der Waals surface area contributed by atoms with Crippen molar-refractivity contribution in [3.63, 3.8) is 0 Å². The van der Waals surface area contributed by atoms with Gasteiger partial charge < -0.3 is 15.4 Å². The molecule has 2 N–H and O–H groups in total. The minimum atomic E-state index is -2.89. The van der Waals surface area contributed by atoms with E-state index >= 15 is 0 Å². The SMILES string of the molecule is CNC1C=CNC(Cl)=C1C=NCc1cnc(OCC(C)(F)F)c(C)c1. The number of aliphatic imine (C=N–C) groups is 1. The fourth-order valence-corrected chi connectivity index (χ4v) is 2.46. The highest BCUT2D eigenvalue weighted by atomic mass is 35.5. The first-order valence-corrected chi connectivity index (χ1v) is 8.14. The number of hydrogen-bond acceptors (Lipinski definition) is 5. The van der Waals surface area contributed by atoms with Crippen LogP contribution in [0.4, 0.5) is 8.78 Å². The molecular weight excluding hydrogens is 350 g/mol. The summed E-state index contributed by atoms with van der Waals surface area (Å²) in [6.07, 6.45) is 6.98. The second kappa shape index (κ2) is 8.40. The predicted octanol–water partition coefficient (Wildman–Crippen LogP) is 3.15. The third kappa shape index (κ3) is 5.79. The Morgan fingerprint density at radius 3 is 2.92 bits per heavy atom. The van der Waals surface area contributed by atoms with Crippen LogP contribution in [0.3, 0.4) is 0 Å². The predicted molar refractivity (Wildman–Crippen MR) is 95.3 cm³/mol. The lowest BCUT2D eigenvalue weighted by Gasteiger charge is -2.19. The van der Waals surface area contributed by atoms with Crippen molar-refractivity contribution in [3.8, 4) is 5.88 Å². The Morgan fingerprint density at radius 1 is 1.52 bits per heavy atom. The number of halogens is 3. The zero-order valence-corrected chi connectivity index (χ0v) is 15.1. The molecule has 1 unspecified atom stereocenters. The Hall–Kier alpha value is -1.99. The Labute approximate surface area is 150 Å². The Morgan fingerprint density at radius 2 is 2.28 bits per heavy atom. The third-order valence-corrected chi connectivity index (χ3v) is 3.78. The molecule has 2 heterocycles. The van der Waals surface area contributed by atoms with Gasteiger partial charge in [0, 0.05) is 30.5 Å². The topological polar surface area (TPSA) is 58.5 Å². The van der Waals surface area contributed by atoms with Crippen LogP contribution in [0.2, 0.25) is 0 Å². The number of ether oxygens (including phenoxy) is 1. The van der Waals surface area contributed by atoms with Crippen molar-refractivity contribution in [2.75, 3.05) is 13.7 Å². The molecular formula is C17H21ClF2N4O. The minimum absolute atomic E-state index is 0.0103. The van der Waals surface area contributed by atoms with Crippen LogP contribution in [0.25, 0.3) is 0 Å². The van der Waals surface area contributed by atoms with E-state index in [1.807, 2.05) is 19.2 Å². The molecule has 136 valence electrons. The number of nitrogens with one attached hydrogen (secondary N) is 2. The average molecular weight is 371 g/mol. The molecule has 2 rings (SSSR count). The summed E-state index contributed by atoms with van der Waals surface area (Å²) in [4.78, 5) is 8.48. The molecule has 0 saturated carbocycles. The van der Waals surface area contributed by atoms with Crippen LogP contribution >= 0.6 is 11.6 Å². The van der Waals surface area contributed by atoms with Gasteiger partial charge in [-0.25, -0.2) is 13.8 Å². The average Bonchev–Trinajstić information content (AvgIpc) is 2.54. The zero-order chi connectivity index (χ0) is 18.4. The number of alkyl halides is 2. The number of dihydropyridines is 1. The summed E-state index contributed by atoms with van der Waals surface area (Å²) in [5.74, 6) is -2.69. The van der Waals surface area contributed by atoms with Crippen molar-refractivity contribution in [1.29, 1.82) is 0 Å². The highest BCUT2D eigenvalue weighted by molar-refractivity contribution is 6.31. The van der Waals surface area contributed by atoms with Crippen LogP contribution < -0.4 is 15.4 Å². The molecule has 25 heavy (non-hydrogen) atoms. The van der Waals surface area contributed by atoms with Crippen molar-refractivity contribution in [3.05, 3.63) is 46.4 Å². The molecule has 0 bridgehead atoms. The molecule has 1 aliphatic rings. The van der Waals surface area contributed by atoms with Crippen molar-refractivity contribution < 1.29 is 13.5 Å². The van der Waals surface area contributed by atoms with Crippen molar-refractivity contribution in [2.45, 2.75) is 32.4 Å². The fourth-order valence-electron chi connectivity index (χ4n) is 2.23. The maximum absolute atomic E-state index is 12.9. The molecule has 0 saturated heterocycles. The highest BCUT2D eigenvalue weighted by Crippen LogP contribution is 2.20. The van der Waals surface area contributed by atoms with Crippen LogP contribution in [0.1, 0.15) is 18.1 Å². The van der Waals surface area contributed by atoms with Crippen LogP contribution in [-0.4, -0.2) is 36.8 Å². The van der Waals surface area contributed by atoms with Crippen molar-refractivity contribution >= 4 is 17.8 Å². The van der Waals surface area contributed by atoms with Gasteiger partial charge in [0.25, 0.3) is 5.92 Å². The van der Waals surface area contributed by atoms with E-state index in [1.54, 1.807) is 25.5 Å². The first-order valence-electron chi connectivity index (χ1n) is 7.76. The van der Waals surface area contributed by atoms with E-state index < -0.39 is 12.5 Å². The quantitative estimate of drug-likeness (QED) is 0.572. The van der Waals surface area contributed by atoms with Gasteiger partial charge in [0.2, 0.25) is 5.88 Å². The fraction of sp³-hybridized carbons (Fsp3) is 0.412. The van der Waals surface area contributed by atoms with Crippen LogP contribution in [0, 0.1) is 6.92 Å². The molecule has 0 amide bonds. The lowest BCUT2D eigenvalue weighted by molar-refractivity contribution is -0.0244. The number of likely N-dealkylation sites (N-methyl/N-ethyl adjacent to an activating group) is 1. The van der Waals surface area contributed by atoms with Gasteiger partial charge in [-0.15, -0.1) is 0 Å². The lowest BCUT2D eigenvalue weighted by atomic mass is 10.1. The summed E-state index contributed by atoms with van der Waals surface area (Å²) in [5, 5.41) is 6.57. The maximum Gasteiger partial charge on any atom is 0.278 e. The number of rotatable bonds is 7. The highest BCUT2D eigenvalue weighted by Gasteiger charge is 2.22. The van der Waals surface area contributed by atoms with Gasteiger partial charge in [-0.05, 0) is 37.9 Å². The maximum atomic E-state index is 12.9. The van der Waals surface area contributed by atoms with E-state index in [0.29, 0.717) is 17.3 Å². The smallest absolute Gasteiger partial charge is 0.278 e. The summed E-state index contributed by atoms with van der Waals surface area (Å²) in [6, 6.07) is 1.81. The Balaban J connectivity index is 2.00. The molecule has 1 aromatic rings. The number of aromatic nitrogens is 1. The van der Waals surface area contributed by atoms with Gasteiger partial charge in [0.05, 0.1) is 12.6 Å². The zero-order valence-electron chi connectivity index (χ0n) is 14.3. The molecule has 0 spiro atoms. The molecule has 1 aromatic heterocycles. The normalized spacial score (nSPS) is 17.9. The second-order valence-electron chi connectivity index (χ2n) is 5.83. The standard InChI is InChI=1S/C17H21ClF2N4O/c1-11-6-12(8-24-16(11)25-10-17(2,19)20)7-22-9-13-14(21-3)4-5-23-15(13)18/h4-6,8-9,14,21,23H,7,10H2,1-3H3. The summed E-state index contributed by atoms with van der Waals surface area (Å²) < 4.78 is 30.8. The van der Waals surface area contributed by atoms with Crippen LogP contribution in [-0.2, 0) is 6.54 Å². The third-order valence-electron chi connectivity index (χ3n) is 3.45. The van der Waals surface area contributed by atoms with E-state index in [2.05, 4.69) is 20.6 Å². The van der Waals surface area contributed by atoms with Crippen LogP contribution in [0.5, 0.6) is 5.88 Å². The van der Waals surface area contributed by atoms with E-state index in [1.165, 1.54) is 0 Å². The van der Waals surface area contributed by atoms with Crippen molar-refractivity contribution in [1.82, 2.24) is 15.6 Å². The van der Waals surface area contributed by atoms with Gasteiger partial charge in [-0.3, -0.25) is 4.99 Å². The number of aryl methyl sites for hydroxylation is 1. The van der Waals surface area contributed by atoms with Gasteiger partial charge in [0.15, 0.2) is 6.61 Å². The van der Waals surface area contributed by atoms with Gasteiger partial charge in [-0.1, -0.05) is 11.6 Å². The summed E-state index contributed by atoms with van der Waals surface area (Å²) in [6.45, 7) is 2.26. The van der Waals surface area contributed by atoms with E-state index in [4.69, 9.17) is 16.3 Å². The van der Waals surface area contributed by atoms with Gasteiger partial charge in [0.1, 0.15) is 5.16 Å². The Kier molecular flexibility index (Phi) is 6.50. The van der Waals surface area contributed by atoms with Crippen molar-refractivity contribution in [2.24, 2.45) is 4.99 Å². The van der Waals surface area contributed by atoms with Crippen LogP contribution in [0.15, 0.2) is 40.3 Å². The summed E-state index contributed by atoms with van der Waals surface area (Å²) in [5.41, 5.74) is 2.37. The summed E-state index contributed by atoms with van der Waals surface area (Å²) >= 11 is 6.15. The van der Waals surface area contributed by atoms with E-state index in [-0.39, 0.29) is 11.9 Å². The van der Waals surface area contributed by atoms with Gasteiger partial charge >= 0.3 is 0 Å². The molecule has 1 atom stereocenters. The number of pyridine rings is 1. The monoisotopic (exact) mass is 370 g/mol. The first kappa shape index (κ1) is 19.3. The molecule has 5 nitrogen and oxygen atoms in total. The molecule has 0 radical (unpaired) electrons. The minimum Gasteiger partial charge on any atom is -0.471 e. The largest absolute Gasteiger partial charge is 0.471 e. The molecule has 0 aliphatic carbocycles. The number of hydrogen-bond donors (Lipinski definition) is 2. The summed E-state index contributed by atoms with van der Waals surface area (Å²) in [7, 11) is 1.84. The second-order valence-corrected chi connectivity index (χ2v) is 6.21. The van der Waals surface area contributed by atoms with E-state index in [0.717, 1.165) is 18.1 Å². The molecule has 1 aliphatic heterocycles. The Bertz CT molecular complexity index is 698. The van der Waals surface area contributed by atoms with Gasteiger partial charge in [-0.2, -0.15) is 0 Å². The first-order chi connectivity index (χ1) is 11.8. The van der Waals surface area contributed by atoms with E-state index in [9.17, 15) is 8.78 Å². The molecule has 8 heteroatoms. The molecule has 0 aromatic carbocycles. The molecule has 0 fully saturated rings. The number of nitrogens with zero attached hydrogens (tertiary/aromatic N) is 2.